The fourth-order valence-corrected chi connectivity index (χ4v) is 5.54. The van der Waals surface area contributed by atoms with Crippen molar-refractivity contribution in [2.45, 2.75) is 50.5 Å². The molecule has 0 spiro atoms. The molecule has 2 fully saturated rings. The van der Waals surface area contributed by atoms with Crippen LogP contribution in [0.15, 0.2) is 27.7 Å². The second kappa shape index (κ2) is 8.31. The second-order valence-corrected chi connectivity index (χ2v) is 9.84. The van der Waals surface area contributed by atoms with Gasteiger partial charge in [0.25, 0.3) is 10.0 Å². The van der Waals surface area contributed by atoms with Crippen LogP contribution in [0.2, 0.25) is 0 Å². The Morgan fingerprint density at radius 3 is 2.41 bits per heavy atom. The van der Waals surface area contributed by atoms with Crippen LogP contribution in [0.3, 0.4) is 0 Å². The average molecular weight is 421 g/mol. The molecular formula is C20H28N4O4S. The van der Waals surface area contributed by atoms with Crippen molar-refractivity contribution in [3.05, 3.63) is 23.9 Å². The minimum Gasteiger partial charge on any atom is -0.442 e. The van der Waals surface area contributed by atoms with Gasteiger partial charge >= 0.3 is 0 Å². The molecule has 0 saturated carbocycles. The van der Waals surface area contributed by atoms with E-state index in [4.69, 9.17) is 4.42 Å². The van der Waals surface area contributed by atoms with Crippen molar-refractivity contribution in [2.75, 3.05) is 26.2 Å². The highest BCUT2D eigenvalue weighted by molar-refractivity contribution is 7.89. The molecular weight excluding hydrogens is 392 g/mol. The summed E-state index contributed by atoms with van der Waals surface area (Å²) >= 11 is 0. The number of amides is 1. The van der Waals surface area contributed by atoms with Crippen LogP contribution in [0, 0.1) is 12.8 Å². The summed E-state index contributed by atoms with van der Waals surface area (Å²) in [7, 11) is -3.72. The summed E-state index contributed by atoms with van der Waals surface area (Å²) in [5.74, 6) is 0.524. The van der Waals surface area contributed by atoms with E-state index in [2.05, 4.69) is 10.2 Å². The SMILES string of the molecule is Cc1cc(-c2ccc(S(=O)(=O)N3CCC(C(=O)N4CCCCCC4)CC3)o2)n[nH]1. The number of nitrogens with zero attached hydrogens (tertiary/aromatic N) is 3. The largest absolute Gasteiger partial charge is 0.442 e. The fraction of sp³-hybridized carbons (Fsp3) is 0.600. The predicted molar refractivity (Wildman–Crippen MR) is 108 cm³/mol. The second-order valence-electron chi connectivity index (χ2n) is 7.97. The first-order valence-corrected chi connectivity index (χ1v) is 11.8. The van der Waals surface area contributed by atoms with E-state index in [0.29, 0.717) is 37.4 Å². The highest BCUT2D eigenvalue weighted by atomic mass is 32.2. The number of hydrogen-bond donors (Lipinski definition) is 1. The molecule has 2 aliphatic rings. The number of likely N-dealkylation sites (tertiary alicyclic amines) is 1. The topological polar surface area (TPSA) is 99.5 Å². The van der Waals surface area contributed by atoms with Gasteiger partial charge in [0, 0.05) is 37.8 Å². The van der Waals surface area contributed by atoms with E-state index in [1.54, 1.807) is 12.1 Å². The van der Waals surface area contributed by atoms with Gasteiger partial charge in [-0.15, -0.1) is 0 Å². The van der Waals surface area contributed by atoms with E-state index in [1.165, 1.54) is 23.2 Å². The summed E-state index contributed by atoms with van der Waals surface area (Å²) in [6, 6.07) is 4.90. The number of aromatic nitrogens is 2. The van der Waals surface area contributed by atoms with E-state index in [-0.39, 0.29) is 16.9 Å². The van der Waals surface area contributed by atoms with Crippen LogP contribution in [0.1, 0.15) is 44.2 Å². The van der Waals surface area contributed by atoms with Crippen molar-refractivity contribution in [1.82, 2.24) is 19.4 Å². The van der Waals surface area contributed by atoms with Crippen LogP contribution in [-0.2, 0) is 14.8 Å². The van der Waals surface area contributed by atoms with Crippen LogP contribution in [0.4, 0.5) is 0 Å². The number of carbonyl (C=O) groups is 1. The van der Waals surface area contributed by atoms with E-state index >= 15 is 0 Å². The van der Waals surface area contributed by atoms with Gasteiger partial charge in [-0.3, -0.25) is 9.89 Å². The Hall–Kier alpha value is -2.13. The number of aryl methyl sites for hydroxylation is 1. The molecule has 0 radical (unpaired) electrons. The third kappa shape index (κ3) is 4.25. The van der Waals surface area contributed by atoms with Crippen molar-refractivity contribution in [2.24, 2.45) is 5.92 Å². The summed E-state index contributed by atoms with van der Waals surface area (Å²) in [4.78, 5) is 14.8. The zero-order valence-corrected chi connectivity index (χ0v) is 17.6. The summed E-state index contributed by atoms with van der Waals surface area (Å²) in [6.45, 7) is 4.21. The number of H-pyrrole nitrogens is 1. The third-order valence-corrected chi connectivity index (χ3v) is 7.63. The Kier molecular flexibility index (Phi) is 5.78. The average Bonchev–Trinajstić information content (AvgIpc) is 3.30. The van der Waals surface area contributed by atoms with E-state index < -0.39 is 10.0 Å². The molecule has 4 heterocycles. The Morgan fingerprint density at radius 1 is 1.10 bits per heavy atom. The fourth-order valence-electron chi connectivity index (χ4n) is 4.16. The summed E-state index contributed by atoms with van der Waals surface area (Å²) in [5, 5.41) is 6.85. The van der Waals surface area contributed by atoms with Crippen molar-refractivity contribution >= 4 is 15.9 Å². The molecule has 1 amide bonds. The van der Waals surface area contributed by atoms with Gasteiger partial charge < -0.3 is 9.32 Å². The number of sulfonamides is 1. The molecule has 9 heteroatoms. The molecule has 0 aliphatic carbocycles. The molecule has 0 atom stereocenters. The van der Waals surface area contributed by atoms with Gasteiger partial charge in [-0.05, 0) is 50.8 Å². The minimum absolute atomic E-state index is 0.0783. The standard InChI is InChI=1S/C20H28N4O4S/c1-15-14-17(22-21-15)18-6-7-19(28-18)29(26,27)24-12-8-16(9-13-24)20(25)23-10-4-2-3-5-11-23/h6-7,14,16H,2-5,8-13H2,1H3,(H,21,22). The molecule has 2 saturated heterocycles. The van der Waals surface area contributed by atoms with Gasteiger partial charge in [-0.25, -0.2) is 8.42 Å². The molecule has 4 rings (SSSR count). The number of rotatable bonds is 4. The molecule has 2 aliphatic heterocycles. The van der Waals surface area contributed by atoms with E-state index in [1.807, 2.05) is 11.8 Å². The number of piperidine rings is 1. The predicted octanol–water partition coefficient (Wildman–Crippen LogP) is 2.78. The molecule has 0 unspecified atom stereocenters. The molecule has 8 nitrogen and oxygen atoms in total. The highest BCUT2D eigenvalue weighted by Crippen LogP contribution is 2.29. The lowest BCUT2D eigenvalue weighted by Gasteiger charge is -2.32. The van der Waals surface area contributed by atoms with Crippen molar-refractivity contribution < 1.29 is 17.6 Å². The molecule has 1 N–H and O–H groups in total. The lowest BCUT2D eigenvalue weighted by Crippen LogP contribution is -2.44. The minimum atomic E-state index is -3.72. The van der Waals surface area contributed by atoms with Gasteiger partial charge in [0.05, 0.1) is 0 Å². The Bertz CT molecular complexity index is 949. The Labute approximate surface area is 171 Å². The third-order valence-electron chi connectivity index (χ3n) is 5.85. The van der Waals surface area contributed by atoms with Crippen LogP contribution in [0.25, 0.3) is 11.5 Å². The Balaban J connectivity index is 1.40. The highest BCUT2D eigenvalue weighted by Gasteiger charge is 2.35. The summed E-state index contributed by atoms with van der Waals surface area (Å²) in [5.41, 5.74) is 1.45. The summed E-state index contributed by atoms with van der Waals surface area (Å²) in [6.07, 6.45) is 5.61. The lowest BCUT2D eigenvalue weighted by atomic mass is 9.96. The zero-order chi connectivity index (χ0) is 20.4. The maximum Gasteiger partial charge on any atom is 0.276 e. The van der Waals surface area contributed by atoms with E-state index in [9.17, 15) is 13.2 Å². The van der Waals surface area contributed by atoms with E-state index in [0.717, 1.165) is 31.6 Å². The normalized spacial score (nSPS) is 20.0. The molecule has 29 heavy (non-hydrogen) atoms. The maximum absolute atomic E-state index is 13.0. The van der Waals surface area contributed by atoms with Crippen LogP contribution in [0.5, 0.6) is 0 Å². The van der Waals surface area contributed by atoms with Gasteiger partial charge in [-0.2, -0.15) is 9.40 Å². The lowest BCUT2D eigenvalue weighted by molar-refractivity contribution is -0.136. The first-order chi connectivity index (χ1) is 13.9. The maximum atomic E-state index is 13.0. The van der Waals surface area contributed by atoms with Gasteiger partial charge in [-0.1, -0.05) is 12.8 Å². The van der Waals surface area contributed by atoms with Crippen LogP contribution >= 0.6 is 0 Å². The molecule has 2 aromatic rings. The van der Waals surface area contributed by atoms with Crippen molar-refractivity contribution in [3.63, 3.8) is 0 Å². The van der Waals surface area contributed by atoms with Crippen molar-refractivity contribution in [3.8, 4) is 11.5 Å². The van der Waals surface area contributed by atoms with Gasteiger partial charge in [0.2, 0.25) is 11.0 Å². The number of furan rings is 1. The van der Waals surface area contributed by atoms with Crippen LogP contribution in [-0.4, -0.2) is 59.9 Å². The van der Waals surface area contributed by atoms with Gasteiger partial charge in [0.15, 0.2) is 5.76 Å². The molecule has 0 bridgehead atoms. The molecule has 0 aromatic carbocycles. The molecule has 158 valence electrons. The first kappa shape index (κ1) is 20.2. The van der Waals surface area contributed by atoms with Crippen LogP contribution < -0.4 is 0 Å². The number of hydrogen-bond acceptors (Lipinski definition) is 5. The smallest absolute Gasteiger partial charge is 0.276 e. The number of aromatic amines is 1. The Morgan fingerprint density at radius 2 is 1.79 bits per heavy atom. The first-order valence-electron chi connectivity index (χ1n) is 10.4. The monoisotopic (exact) mass is 420 g/mol. The molecule has 2 aromatic heterocycles. The number of nitrogens with one attached hydrogen (secondary N) is 1. The van der Waals surface area contributed by atoms with Gasteiger partial charge in [0.1, 0.15) is 5.69 Å². The quantitative estimate of drug-likeness (QED) is 0.820. The zero-order valence-electron chi connectivity index (χ0n) is 16.8. The summed E-state index contributed by atoms with van der Waals surface area (Å²) < 4.78 is 33.0. The van der Waals surface area contributed by atoms with Crippen molar-refractivity contribution in [1.29, 1.82) is 0 Å². The number of carbonyl (C=O) groups excluding carboxylic acids is 1.